The minimum atomic E-state index is -0.427. The molecule has 14 heavy (non-hydrogen) atoms. The van der Waals surface area contributed by atoms with E-state index in [1.165, 1.54) is 0 Å². The standard InChI is InChI=1S/C10H10ClN2O/c1-12-8-6-4-3-5-7(8)9(10(11)14)13(12)2/h3-6H,1-2H3/q+1. The molecular formula is C10H10ClN2O+. The Kier molecular flexibility index (Phi) is 2.04. The van der Waals surface area contributed by atoms with E-state index < -0.39 is 5.24 Å². The maximum Gasteiger partial charge on any atom is 0.319 e. The predicted octanol–water partition coefficient (Wildman–Crippen LogP) is 1.38. The molecule has 1 aromatic carbocycles. The van der Waals surface area contributed by atoms with Gasteiger partial charge in [0.15, 0.2) is 7.05 Å². The molecular weight excluding hydrogens is 200 g/mol. The number of carbonyl (C=O) groups excluding carboxylic acids is 1. The number of halogens is 1. The van der Waals surface area contributed by atoms with Gasteiger partial charge in [0.2, 0.25) is 0 Å². The monoisotopic (exact) mass is 209 g/mol. The molecule has 72 valence electrons. The Bertz CT molecular complexity index is 516. The first-order valence-corrected chi connectivity index (χ1v) is 4.64. The summed E-state index contributed by atoms with van der Waals surface area (Å²) in [6.45, 7) is 0. The van der Waals surface area contributed by atoms with Crippen molar-refractivity contribution in [1.82, 2.24) is 4.68 Å². The molecule has 4 heteroatoms. The van der Waals surface area contributed by atoms with Crippen molar-refractivity contribution in [2.75, 3.05) is 0 Å². The summed E-state index contributed by atoms with van der Waals surface area (Å²) in [7, 11) is 3.71. The van der Waals surface area contributed by atoms with E-state index in [1.54, 1.807) is 4.68 Å². The molecule has 3 nitrogen and oxygen atoms in total. The Balaban J connectivity index is 2.95. The largest absolute Gasteiger partial charge is 0.319 e. The van der Waals surface area contributed by atoms with Gasteiger partial charge in [-0.2, -0.15) is 4.68 Å². The van der Waals surface area contributed by atoms with E-state index in [-0.39, 0.29) is 0 Å². The first-order chi connectivity index (χ1) is 6.63. The summed E-state index contributed by atoms with van der Waals surface area (Å²) in [5.41, 5.74) is 1.53. The molecule has 0 aliphatic heterocycles. The lowest BCUT2D eigenvalue weighted by atomic mass is 10.2. The maximum atomic E-state index is 11.2. The number of carbonyl (C=O) groups is 1. The minimum absolute atomic E-state index is 0.427. The van der Waals surface area contributed by atoms with Crippen LogP contribution < -0.4 is 4.68 Å². The van der Waals surface area contributed by atoms with Crippen molar-refractivity contribution in [3.63, 3.8) is 0 Å². The lowest BCUT2D eigenvalue weighted by Gasteiger charge is -1.89. The van der Waals surface area contributed by atoms with Gasteiger partial charge in [0.25, 0.3) is 5.69 Å². The first-order valence-electron chi connectivity index (χ1n) is 4.26. The molecule has 0 fully saturated rings. The molecule has 0 spiro atoms. The van der Waals surface area contributed by atoms with E-state index in [9.17, 15) is 4.79 Å². The number of rotatable bonds is 1. The molecule has 0 saturated carbocycles. The number of aryl methyl sites for hydroxylation is 1. The van der Waals surface area contributed by atoms with Gasteiger partial charge in [0.1, 0.15) is 5.52 Å². The third kappa shape index (κ3) is 1.13. The molecule has 0 atom stereocenters. The van der Waals surface area contributed by atoms with Crippen LogP contribution in [-0.2, 0) is 14.1 Å². The predicted molar refractivity (Wildman–Crippen MR) is 54.3 cm³/mol. The normalized spacial score (nSPS) is 10.8. The summed E-state index contributed by atoms with van der Waals surface area (Å²) >= 11 is 5.53. The Hall–Kier alpha value is -1.35. The van der Waals surface area contributed by atoms with Crippen molar-refractivity contribution in [2.24, 2.45) is 14.1 Å². The number of hydrogen-bond acceptors (Lipinski definition) is 1. The van der Waals surface area contributed by atoms with Gasteiger partial charge in [-0.15, -0.1) is 4.68 Å². The van der Waals surface area contributed by atoms with Crippen molar-refractivity contribution in [3.05, 3.63) is 30.0 Å². The second kappa shape index (κ2) is 3.10. The van der Waals surface area contributed by atoms with Crippen LogP contribution in [0.1, 0.15) is 10.5 Å². The zero-order chi connectivity index (χ0) is 10.3. The van der Waals surface area contributed by atoms with Gasteiger partial charge < -0.3 is 0 Å². The molecule has 0 saturated heterocycles. The van der Waals surface area contributed by atoms with Gasteiger partial charge in [-0.05, 0) is 23.7 Å². The molecule has 0 amide bonds. The van der Waals surface area contributed by atoms with Gasteiger partial charge in [-0.1, -0.05) is 12.1 Å². The molecule has 2 aromatic rings. The quantitative estimate of drug-likeness (QED) is 0.515. The van der Waals surface area contributed by atoms with Gasteiger partial charge in [-0.25, -0.2) is 0 Å². The number of benzene rings is 1. The molecule has 0 N–H and O–H groups in total. The van der Waals surface area contributed by atoms with Crippen LogP contribution in [0.4, 0.5) is 0 Å². The molecule has 0 bridgehead atoms. The molecule has 0 aliphatic carbocycles. The van der Waals surface area contributed by atoms with E-state index >= 15 is 0 Å². The van der Waals surface area contributed by atoms with Crippen LogP contribution in [0.2, 0.25) is 0 Å². The molecule has 0 unspecified atom stereocenters. The highest BCUT2D eigenvalue weighted by molar-refractivity contribution is 6.68. The Morgan fingerprint density at radius 2 is 2.07 bits per heavy atom. The Morgan fingerprint density at radius 1 is 1.43 bits per heavy atom. The summed E-state index contributed by atoms with van der Waals surface area (Å²) in [5.74, 6) is 0. The second-order valence-corrected chi connectivity index (χ2v) is 3.53. The van der Waals surface area contributed by atoms with Crippen LogP contribution in [0.5, 0.6) is 0 Å². The van der Waals surface area contributed by atoms with E-state index in [0.717, 1.165) is 10.9 Å². The van der Waals surface area contributed by atoms with Crippen LogP contribution in [-0.4, -0.2) is 9.92 Å². The van der Waals surface area contributed by atoms with Crippen LogP contribution >= 0.6 is 11.6 Å². The summed E-state index contributed by atoms with van der Waals surface area (Å²) in [6, 6.07) is 7.68. The lowest BCUT2D eigenvalue weighted by molar-refractivity contribution is -0.750. The lowest BCUT2D eigenvalue weighted by Crippen LogP contribution is -2.41. The van der Waals surface area contributed by atoms with Gasteiger partial charge >= 0.3 is 5.24 Å². The summed E-state index contributed by atoms with van der Waals surface area (Å²) in [5, 5.41) is 0.460. The Labute approximate surface area is 86.5 Å². The van der Waals surface area contributed by atoms with Crippen molar-refractivity contribution < 1.29 is 9.48 Å². The van der Waals surface area contributed by atoms with E-state index in [2.05, 4.69) is 0 Å². The van der Waals surface area contributed by atoms with E-state index in [4.69, 9.17) is 11.6 Å². The highest BCUT2D eigenvalue weighted by Crippen LogP contribution is 2.16. The van der Waals surface area contributed by atoms with E-state index in [1.807, 2.05) is 43.0 Å². The Morgan fingerprint density at radius 3 is 2.71 bits per heavy atom. The van der Waals surface area contributed by atoms with Crippen LogP contribution in [0.25, 0.3) is 10.9 Å². The van der Waals surface area contributed by atoms with Gasteiger partial charge in [-0.3, -0.25) is 4.79 Å². The second-order valence-electron chi connectivity index (χ2n) is 3.19. The average Bonchev–Trinajstić information content (AvgIpc) is 2.41. The zero-order valence-corrected chi connectivity index (χ0v) is 8.75. The summed E-state index contributed by atoms with van der Waals surface area (Å²) in [6.07, 6.45) is 0. The van der Waals surface area contributed by atoms with Gasteiger partial charge in [0, 0.05) is 0 Å². The number of fused-ring (bicyclic) bond motifs is 1. The SMILES string of the molecule is Cn1c2ccccc2c(C(=O)Cl)[n+]1C. The maximum absolute atomic E-state index is 11.2. The fraction of sp³-hybridized carbons (Fsp3) is 0.200. The number of nitrogens with zero attached hydrogens (tertiary/aromatic N) is 2. The number of para-hydroxylation sites is 1. The number of hydrogen-bond donors (Lipinski definition) is 0. The van der Waals surface area contributed by atoms with Crippen molar-refractivity contribution >= 4 is 27.7 Å². The van der Waals surface area contributed by atoms with Crippen LogP contribution in [0.15, 0.2) is 24.3 Å². The molecule has 2 rings (SSSR count). The minimum Gasteiger partial charge on any atom is -0.269 e. The van der Waals surface area contributed by atoms with Crippen molar-refractivity contribution in [3.8, 4) is 0 Å². The van der Waals surface area contributed by atoms with Crippen molar-refractivity contribution in [2.45, 2.75) is 0 Å². The van der Waals surface area contributed by atoms with E-state index in [0.29, 0.717) is 5.69 Å². The molecule has 0 aliphatic rings. The molecule has 0 radical (unpaired) electrons. The third-order valence-electron chi connectivity index (χ3n) is 2.47. The molecule has 1 aromatic heterocycles. The zero-order valence-electron chi connectivity index (χ0n) is 7.99. The molecule has 1 heterocycles. The first kappa shape index (κ1) is 9.21. The topological polar surface area (TPSA) is 25.9 Å². The van der Waals surface area contributed by atoms with Gasteiger partial charge in [0.05, 0.1) is 12.4 Å². The van der Waals surface area contributed by atoms with Crippen LogP contribution in [0, 0.1) is 0 Å². The fourth-order valence-corrected chi connectivity index (χ4v) is 1.90. The highest BCUT2D eigenvalue weighted by Gasteiger charge is 2.24. The highest BCUT2D eigenvalue weighted by atomic mass is 35.5. The van der Waals surface area contributed by atoms with Crippen LogP contribution in [0.3, 0.4) is 0 Å². The fourth-order valence-electron chi connectivity index (χ4n) is 1.68. The van der Waals surface area contributed by atoms with Crippen molar-refractivity contribution in [1.29, 1.82) is 0 Å². The smallest absolute Gasteiger partial charge is 0.269 e. The third-order valence-corrected chi connectivity index (χ3v) is 2.65. The summed E-state index contributed by atoms with van der Waals surface area (Å²) < 4.78 is 3.64. The number of aromatic nitrogens is 2. The summed E-state index contributed by atoms with van der Waals surface area (Å²) in [4.78, 5) is 11.2. The average molecular weight is 210 g/mol.